The average molecular weight is 372 g/mol. The van der Waals surface area contributed by atoms with Gasteiger partial charge in [-0.2, -0.15) is 5.10 Å². The number of nitrogens with zero attached hydrogens (tertiary/aromatic N) is 3. The van der Waals surface area contributed by atoms with Gasteiger partial charge in [-0.25, -0.2) is 4.68 Å². The van der Waals surface area contributed by atoms with Crippen LogP contribution < -0.4 is 10.9 Å². The lowest BCUT2D eigenvalue weighted by atomic mass is 9.86. The molecule has 0 radical (unpaired) electrons. The Kier molecular flexibility index (Phi) is 4.34. The number of aromatic nitrogens is 3. The summed E-state index contributed by atoms with van der Waals surface area (Å²) < 4.78 is 4.26. The molecule has 26 heavy (non-hydrogen) atoms. The molecule has 1 aliphatic rings. The first kappa shape index (κ1) is 17.3. The van der Waals surface area contributed by atoms with Gasteiger partial charge in [-0.15, -0.1) is 11.3 Å². The third-order valence-corrected chi connectivity index (χ3v) is 6.46. The molecule has 3 heterocycles. The third kappa shape index (κ3) is 2.74. The van der Waals surface area contributed by atoms with Crippen molar-refractivity contribution in [1.29, 1.82) is 0 Å². The maximum atomic E-state index is 13.0. The lowest BCUT2D eigenvalue weighted by molar-refractivity contribution is -0.125. The Bertz CT molecular complexity index is 1030. The van der Waals surface area contributed by atoms with Crippen LogP contribution in [0.5, 0.6) is 0 Å². The molecular formula is C19H24N4O2S. The molecule has 1 fully saturated rings. The fraction of sp³-hybridized carbons (Fsp3) is 0.526. The predicted octanol–water partition coefficient (Wildman–Crippen LogP) is 3.28. The first-order valence-corrected chi connectivity index (χ1v) is 10.1. The van der Waals surface area contributed by atoms with Gasteiger partial charge in [0.05, 0.1) is 10.2 Å². The first-order chi connectivity index (χ1) is 12.5. The number of nitrogens with one attached hydrogen (secondary N) is 1. The number of thiophene rings is 1. The molecule has 1 amide bonds. The standard InChI is InChI=1S/C19H24N4O2S/c1-11-6-4-5-7-14(11)20-18(24)12(2)23-19(25)16-10-17-15(8-9-26-17)22(16)13(3)21-23/h8-12,14H,4-7H2,1-3H3,(H,20,24). The first-order valence-electron chi connectivity index (χ1n) is 9.26. The minimum absolute atomic E-state index is 0.129. The van der Waals surface area contributed by atoms with Crippen LogP contribution in [-0.4, -0.2) is 26.1 Å². The summed E-state index contributed by atoms with van der Waals surface area (Å²) in [5.41, 5.74) is 1.34. The largest absolute Gasteiger partial charge is 0.351 e. The van der Waals surface area contributed by atoms with Gasteiger partial charge in [0.1, 0.15) is 17.4 Å². The summed E-state index contributed by atoms with van der Waals surface area (Å²) in [7, 11) is 0. The van der Waals surface area contributed by atoms with Crippen molar-refractivity contribution in [3.05, 3.63) is 33.7 Å². The maximum absolute atomic E-state index is 13.0. The molecule has 0 aliphatic heterocycles. The molecule has 138 valence electrons. The van der Waals surface area contributed by atoms with Crippen molar-refractivity contribution >= 4 is 33.0 Å². The smallest absolute Gasteiger partial charge is 0.291 e. The van der Waals surface area contributed by atoms with E-state index < -0.39 is 6.04 Å². The molecule has 3 atom stereocenters. The zero-order valence-corrected chi connectivity index (χ0v) is 16.2. The van der Waals surface area contributed by atoms with Crippen LogP contribution in [0.1, 0.15) is 51.4 Å². The molecule has 3 aromatic heterocycles. The summed E-state index contributed by atoms with van der Waals surface area (Å²) >= 11 is 1.60. The van der Waals surface area contributed by atoms with E-state index in [1.807, 2.05) is 28.8 Å². The number of hydrogen-bond donors (Lipinski definition) is 1. The Morgan fingerprint density at radius 3 is 2.88 bits per heavy atom. The molecule has 0 bridgehead atoms. The molecule has 0 saturated heterocycles. The van der Waals surface area contributed by atoms with Gasteiger partial charge in [-0.1, -0.05) is 19.8 Å². The number of hydrogen-bond acceptors (Lipinski definition) is 4. The van der Waals surface area contributed by atoms with Crippen molar-refractivity contribution in [3.63, 3.8) is 0 Å². The second kappa shape index (κ2) is 6.54. The molecule has 0 aromatic carbocycles. The molecule has 3 aromatic rings. The summed E-state index contributed by atoms with van der Waals surface area (Å²) in [6.45, 7) is 5.80. The van der Waals surface area contributed by atoms with Crippen LogP contribution in [0.2, 0.25) is 0 Å². The number of carbonyl (C=O) groups is 1. The maximum Gasteiger partial charge on any atom is 0.291 e. The van der Waals surface area contributed by atoms with Crippen LogP contribution in [0.15, 0.2) is 22.3 Å². The molecular weight excluding hydrogens is 348 g/mol. The van der Waals surface area contributed by atoms with E-state index in [1.54, 1.807) is 18.3 Å². The van der Waals surface area contributed by atoms with Gasteiger partial charge >= 0.3 is 0 Å². The second-order valence-corrected chi connectivity index (χ2v) is 8.33. The lowest BCUT2D eigenvalue weighted by Crippen LogP contribution is -2.45. The van der Waals surface area contributed by atoms with Crippen molar-refractivity contribution in [2.75, 3.05) is 0 Å². The Labute approximate surface area is 155 Å². The second-order valence-electron chi connectivity index (χ2n) is 7.38. The molecule has 0 spiro atoms. The quantitative estimate of drug-likeness (QED) is 0.767. The Morgan fingerprint density at radius 1 is 1.35 bits per heavy atom. The SMILES string of the molecule is Cc1nn(C(C)C(=O)NC2CCCCC2C)c(=O)c2cc3sccc3n12. The summed E-state index contributed by atoms with van der Waals surface area (Å²) in [5.74, 6) is 1.06. The average Bonchev–Trinajstić information content (AvgIpc) is 3.20. The zero-order valence-electron chi connectivity index (χ0n) is 15.4. The van der Waals surface area contributed by atoms with Gasteiger partial charge < -0.3 is 5.32 Å². The molecule has 1 aliphatic carbocycles. The van der Waals surface area contributed by atoms with E-state index in [0.29, 0.717) is 17.3 Å². The number of fused-ring (bicyclic) bond motifs is 3. The molecule has 7 heteroatoms. The molecule has 1 N–H and O–H groups in total. The minimum atomic E-state index is -0.631. The molecule has 3 unspecified atom stereocenters. The molecule has 1 saturated carbocycles. The van der Waals surface area contributed by atoms with Crippen molar-refractivity contribution in [1.82, 2.24) is 19.5 Å². The Morgan fingerprint density at radius 2 is 2.12 bits per heavy atom. The van der Waals surface area contributed by atoms with Crippen LogP contribution >= 0.6 is 11.3 Å². The monoisotopic (exact) mass is 372 g/mol. The van der Waals surface area contributed by atoms with Crippen LogP contribution in [0.25, 0.3) is 15.7 Å². The van der Waals surface area contributed by atoms with Crippen molar-refractivity contribution in [3.8, 4) is 0 Å². The van der Waals surface area contributed by atoms with Crippen LogP contribution in [-0.2, 0) is 4.79 Å². The van der Waals surface area contributed by atoms with Gasteiger partial charge in [0.15, 0.2) is 0 Å². The van der Waals surface area contributed by atoms with E-state index >= 15 is 0 Å². The van der Waals surface area contributed by atoms with Crippen molar-refractivity contribution in [2.45, 2.75) is 58.5 Å². The third-order valence-electron chi connectivity index (χ3n) is 5.61. The van der Waals surface area contributed by atoms with E-state index in [4.69, 9.17) is 0 Å². The van der Waals surface area contributed by atoms with Crippen molar-refractivity contribution < 1.29 is 4.79 Å². The van der Waals surface area contributed by atoms with E-state index in [-0.39, 0.29) is 17.5 Å². The fourth-order valence-corrected chi connectivity index (χ4v) is 4.81. The zero-order chi connectivity index (χ0) is 18.4. The van der Waals surface area contributed by atoms with Crippen LogP contribution in [0.4, 0.5) is 0 Å². The fourth-order valence-electron chi connectivity index (χ4n) is 4.00. The van der Waals surface area contributed by atoms with Gasteiger partial charge in [0, 0.05) is 6.04 Å². The summed E-state index contributed by atoms with van der Waals surface area (Å²) in [6, 6.07) is 3.44. The van der Waals surface area contributed by atoms with E-state index in [9.17, 15) is 9.59 Å². The Balaban J connectivity index is 1.68. The highest BCUT2D eigenvalue weighted by atomic mass is 32.1. The van der Waals surface area contributed by atoms with Gasteiger partial charge in [0.25, 0.3) is 5.56 Å². The number of rotatable bonds is 3. The van der Waals surface area contributed by atoms with Crippen LogP contribution in [0, 0.1) is 12.8 Å². The highest BCUT2D eigenvalue weighted by molar-refractivity contribution is 7.17. The van der Waals surface area contributed by atoms with Gasteiger partial charge in [-0.05, 0) is 50.1 Å². The van der Waals surface area contributed by atoms with Gasteiger partial charge in [-0.3, -0.25) is 14.0 Å². The van der Waals surface area contributed by atoms with E-state index in [0.717, 1.165) is 29.5 Å². The topological polar surface area (TPSA) is 68.4 Å². The normalized spacial score (nSPS) is 22.0. The van der Waals surface area contributed by atoms with Crippen molar-refractivity contribution in [2.24, 2.45) is 5.92 Å². The molecule has 6 nitrogen and oxygen atoms in total. The minimum Gasteiger partial charge on any atom is -0.351 e. The van der Waals surface area contributed by atoms with E-state index in [1.165, 1.54) is 11.1 Å². The number of aryl methyl sites for hydroxylation is 1. The predicted molar refractivity (Wildman–Crippen MR) is 104 cm³/mol. The highest BCUT2D eigenvalue weighted by Crippen LogP contribution is 2.25. The highest BCUT2D eigenvalue weighted by Gasteiger charge is 2.27. The lowest BCUT2D eigenvalue weighted by Gasteiger charge is -2.30. The summed E-state index contributed by atoms with van der Waals surface area (Å²) in [4.78, 5) is 25.7. The summed E-state index contributed by atoms with van der Waals surface area (Å²) in [5, 5.41) is 9.59. The van der Waals surface area contributed by atoms with E-state index in [2.05, 4.69) is 17.3 Å². The Hall–Kier alpha value is -2.15. The number of carbonyl (C=O) groups excluding carboxylic acids is 1. The molecule has 4 rings (SSSR count). The van der Waals surface area contributed by atoms with Gasteiger partial charge in [0.2, 0.25) is 5.91 Å². The number of amides is 1. The van der Waals surface area contributed by atoms with Crippen LogP contribution in [0.3, 0.4) is 0 Å². The summed E-state index contributed by atoms with van der Waals surface area (Å²) in [6.07, 6.45) is 4.53.